The van der Waals surface area contributed by atoms with Crippen molar-refractivity contribution >= 4 is 17.4 Å². The van der Waals surface area contributed by atoms with E-state index in [1.165, 1.54) is 9.08 Å². The minimum Gasteiger partial charge on any atom is -0.492 e. The van der Waals surface area contributed by atoms with E-state index in [0.29, 0.717) is 24.6 Å². The molecule has 0 unspecified atom stereocenters. The lowest BCUT2D eigenvalue weighted by Crippen LogP contribution is -2.37. The van der Waals surface area contributed by atoms with Crippen LogP contribution in [0.1, 0.15) is 50.4 Å². The predicted octanol–water partition coefficient (Wildman–Crippen LogP) is 0.677. The fourth-order valence-electron chi connectivity index (χ4n) is 3.61. The molecule has 1 aliphatic carbocycles. The van der Waals surface area contributed by atoms with Crippen LogP contribution >= 0.6 is 0 Å². The van der Waals surface area contributed by atoms with Crippen molar-refractivity contribution in [2.24, 2.45) is 11.1 Å². The highest BCUT2D eigenvalue weighted by Gasteiger charge is 2.31. The number of anilines is 1. The van der Waals surface area contributed by atoms with Gasteiger partial charge in [0.25, 0.3) is 11.5 Å². The summed E-state index contributed by atoms with van der Waals surface area (Å²) in [7, 11) is 0. The number of aromatic hydroxyl groups is 1. The Labute approximate surface area is 163 Å². The summed E-state index contributed by atoms with van der Waals surface area (Å²) >= 11 is 0. The predicted molar refractivity (Wildman–Crippen MR) is 106 cm³/mol. The summed E-state index contributed by atoms with van der Waals surface area (Å²) in [5.74, 6) is -0.321. The maximum Gasteiger partial charge on any atom is 0.270 e. The van der Waals surface area contributed by atoms with Gasteiger partial charge in [0.05, 0.1) is 0 Å². The summed E-state index contributed by atoms with van der Waals surface area (Å²) in [4.78, 5) is 27.9. The van der Waals surface area contributed by atoms with Crippen LogP contribution in [0.4, 0.5) is 5.82 Å². The first-order valence-corrected chi connectivity index (χ1v) is 9.81. The topological polar surface area (TPSA) is 118 Å². The van der Waals surface area contributed by atoms with Gasteiger partial charge < -0.3 is 21.1 Å². The molecule has 9 nitrogen and oxygen atoms in total. The van der Waals surface area contributed by atoms with Crippen LogP contribution in [-0.4, -0.2) is 50.4 Å². The summed E-state index contributed by atoms with van der Waals surface area (Å²) in [6.45, 7) is 7.88. The molecule has 2 aliphatic rings. The van der Waals surface area contributed by atoms with Crippen molar-refractivity contribution in [1.82, 2.24) is 19.5 Å². The monoisotopic (exact) mass is 388 g/mol. The van der Waals surface area contributed by atoms with Crippen LogP contribution in [0.3, 0.4) is 0 Å². The molecule has 1 amide bonds. The Morgan fingerprint density at radius 1 is 1.36 bits per heavy atom. The maximum absolute atomic E-state index is 13.2. The highest BCUT2D eigenvalue weighted by molar-refractivity contribution is 5.96. The Bertz CT molecular complexity index is 982. The molecule has 1 saturated heterocycles. The van der Waals surface area contributed by atoms with Crippen molar-refractivity contribution < 1.29 is 9.90 Å². The molecular formula is C19H28N6O3. The van der Waals surface area contributed by atoms with Crippen molar-refractivity contribution in [2.45, 2.75) is 58.7 Å². The van der Waals surface area contributed by atoms with Gasteiger partial charge in [-0.15, -0.1) is 5.10 Å². The summed E-state index contributed by atoms with van der Waals surface area (Å²) in [5.41, 5.74) is 5.52. The Balaban J connectivity index is 1.87. The standard InChI is InChI=1S/C19H28N6O3/c1-19(2,3)10-24-14-8-13(23-7-6-11(20)9-23)22-25(14)18(28)15(17(24)27)16(26)21-12-4-5-12/h8,11-12,28H,4-7,9-10,20H2,1-3H3,(H,21,26)/t11-/m0/s1. The molecule has 1 aliphatic heterocycles. The molecular weight excluding hydrogens is 360 g/mol. The summed E-state index contributed by atoms with van der Waals surface area (Å²) < 4.78 is 2.84. The normalized spacial score (nSPS) is 20.1. The molecule has 0 radical (unpaired) electrons. The number of nitrogens with one attached hydrogen (secondary N) is 1. The van der Waals surface area contributed by atoms with Gasteiger partial charge >= 0.3 is 0 Å². The van der Waals surface area contributed by atoms with E-state index < -0.39 is 17.3 Å². The van der Waals surface area contributed by atoms with E-state index in [2.05, 4.69) is 10.4 Å². The number of nitrogens with two attached hydrogens (primary N) is 1. The molecule has 1 saturated carbocycles. The zero-order chi connectivity index (χ0) is 20.2. The van der Waals surface area contributed by atoms with Crippen LogP contribution in [0.5, 0.6) is 5.88 Å². The Kier molecular flexibility index (Phi) is 4.37. The molecule has 28 heavy (non-hydrogen) atoms. The van der Waals surface area contributed by atoms with Gasteiger partial charge in [-0.2, -0.15) is 4.52 Å². The summed E-state index contributed by atoms with van der Waals surface area (Å²) in [5, 5.41) is 18.0. The van der Waals surface area contributed by atoms with Crippen molar-refractivity contribution in [2.75, 3.05) is 18.0 Å². The van der Waals surface area contributed by atoms with Gasteiger partial charge in [-0.05, 0) is 24.7 Å². The van der Waals surface area contributed by atoms with Gasteiger partial charge in [0.15, 0.2) is 11.4 Å². The fourth-order valence-corrected chi connectivity index (χ4v) is 3.61. The first-order valence-electron chi connectivity index (χ1n) is 9.81. The number of fused-ring (bicyclic) bond motifs is 1. The molecule has 4 rings (SSSR count). The second kappa shape index (κ2) is 6.51. The van der Waals surface area contributed by atoms with Crippen LogP contribution in [0, 0.1) is 5.41 Å². The molecule has 0 spiro atoms. The van der Waals surface area contributed by atoms with Crippen molar-refractivity contribution in [3.63, 3.8) is 0 Å². The minimum absolute atomic E-state index is 0.0788. The van der Waals surface area contributed by atoms with Crippen LogP contribution in [0.2, 0.25) is 0 Å². The number of nitrogens with zero attached hydrogens (tertiary/aromatic N) is 4. The molecule has 2 fully saturated rings. The van der Waals surface area contributed by atoms with Gasteiger partial charge in [-0.1, -0.05) is 20.8 Å². The summed E-state index contributed by atoms with van der Waals surface area (Å²) in [6.07, 6.45) is 2.65. The average Bonchev–Trinajstić information content (AvgIpc) is 3.12. The maximum atomic E-state index is 13.2. The molecule has 2 aromatic rings. The number of aromatic nitrogens is 3. The van der Waals surface area contributed by atoms with E-state index in [-0.39, 0.29) is 23.1 Å². The Morgan fingerprint density at radius 2 is 2.07 bits per heavy atom. The zero-order valence-corrected chi connectivity index (χ0v) is 16.6. The van der Waals surface area contributed by atoms with E-state index in [1.54, 1.807) is 6.07 Å². The van der Waals surface area contributed by atoms with E-state index in [0.717, 1.165) is 25.8 Å². The number of hydrogen-bond acceptors (Lipinski definition) is 6. The first kappa shape index (κ1) is 18.8. The van der Waals surface area contributed by atoms with Crippen molar-refractivity contribution in [3.8, 4) is 5.88 Å². The first-order chi connectivity index (χ1) is 13.1. The highest BCUT2D eigenvalue weighted by atomic mass is 16.3. The SMILES string of the molecule is CC(C)(C)Cn1c(=O)c(C(=O)NC2CC2)c(O)n2nc(N3CC[C@H](N)C3)cc12. The highest BCUT2D eigenvalue weighted by Crippen LogP contribution is 2.27. The van der Waals surface area contributed by atoms with Crippen molar-refractivity contribution in [3.05, 3.63) is 22.0 Å². The average molecular weight is 388 g/mol. The molecule has 0 bridgehead atoms. The quantitative estimate of drug-likeness (QED) is 0.709. The molecule has 0 aromatic carbocycles. The van der Waals surface area contributed by atoms with Crippen LogP contribution in [0.25, 0.3) is 5.65 Å². The number of carbonyl (C=O) groups is 1. The Morgan fingerprint density at radius 3 is 2.64 bits per heavy atom. The lowest BCUT2D eigenvalue weighted by molar-refractivity contribution is 0.0944. The van der Waals surface area contributed by atoms with E-state index >= 15 is 0 Å². The molecule has 152 valence electrons. The van der Waals surface area contributed by atoms with Crippen molar-refractivity contribution in [1.29, 1.82) is 0 Å². The number of rotatable bonds is 4. The number of hydrogen-bond donors (Lipinski definition) is 3. The van der Waals surface area contributed by atoms with E-state index in [9.17, 15) is 14.7 Å². The molecule has 4 N–H and O–H groups in total. The smallest absolute Gasteiger partial charge is 0.270 e. The van der Waals surface area contributed by atoms with Gasteiger partial charge in [-0.3, -0.25) is 14.2 Å². The number of carbonyl (C=O) groups excluding carboxylic acids is 1. The largest absolute Gasteiger partial charge is 0.492 e. The fraction of sp³-hybridized carbons (Fsp3) is 0.632. The zero-order valence-electron chi connectivity index (χ0n) is 16.6. The van der Waals surface area contributed by atoms with E-state index in [4.69, 9.17) is 5.73 Å². The van der Waals surface area contributed by atoms with Crippen LogP contribution < -0.4 is 21.5 Å². The third kappa shape index (κ3) is 3.46. The Hall–Kier alpha value is -2.55. The minimum atomic E-state index is -0.546. The number of amides is 1. The van der Waals surface area contributed by atoms with Gasteiger partial charge in [0.2, 0.25) is 5.88 Å². The third-order valence-electron chi connectivity index (χ3n) is 5.16. The summed E-state index contributed by atoms with van der Waals surface area (Å²) in [6, 6.07) is 1.94. The molecule has 9 heteroatoms. The molecule has 2 aromatic heterocycles. The second-order valence-electron chi connectivity index (χ2n) is 9.17. The molecule has 1 atom stereocenters. The van der Waals surface area contributed by atoms with Gasteiger partial charge in [0.1, 0.15) is 5.65 Å². The lowest BCUT2D eigenvalue weighted by Gasteiger charge is -2.21. The molecule has 3 heterocycles. The van der Waals surface area contributed by atoms with Crippen LogP contribution in [-0.2, 0) is 6.54 Å². The lowest BCUT2D eigenvalue weighted by atomic mass is 9.97. The van der Waals surface area contributed by atoms with Crippen LogP contribution in [0.15, 0.2) is 10.9 Å². The van der Waals surface area contributed by atoms with Gasteiger partial charge in [-0.25, -0.2) is 0 Å². The van der Waals surface area contributed by atoms with E-state index in [1.807, 2.05) is 25.7 Å². The third-order valence-corrected chi connectivity index (χ3v) is 5.16. The second-order valence-corrected chi connectivity index (χ2v) is 9.17. The van der Waals surface area contributed by atoms with Gasteiger partial charge in [0, 0.05) is 37.8 Å².